The number of nitrogens with one attached hydrogen (secondary N) is 1. The zero-order chi connectivity index (χ0) is 21.1. The molecule has 1 aliphatic carbocycles. The summed E-state index contributed by atoms with van der Waals surface area (Å²) in [5, 5.41) is 4.36. The number of amides is 1. The number of carbonyl (C=O) groups is 1. The zero-order valence-corrected chi connectivity index (χ0v) is 18.2. The molecule has 3 aromatic rings. The van der Waals surface area contributed by atoms with Crippen LogP contribution in [0, 0.1) is 6.92 Å². The molecular formula is C24H27N3O2S. The molecule has 1 aliphatic rings. The normalized spacial score (nSPS) is 15.4. The topological polar surface area (TPSA) is 64.0 Å². The Balaban J connectivity index is 1.54. The fourth-order valence-electron chi connectivity index (χ4n) is 4.28. The molecule has 1 fully saturated rings. The standard InChI is InChI=1S/C24H27N3O2S/c1-16-9-3-6-12-19(16)17(2)25-22(28)15-30-24-26-21-14-8-7-13-20(21)23(29)27(24)18-10-4-5-11-18/h3,6-9,12-14,17-18H,4-5,10-11,15H2,1-2H3,(H,25,28). The molecular weight excluding hydrogens is 394 g/mol. The molecule has 30 heavy (non-hydrogen) atoms. The van der Waals surface area contributed by atoms with Crippen LogP contribution in [0.3, 0.4) is 0 Å². The molecule has 1 amide bonds. The maximum absolute atomic E-state index is 13.2. The maximum Gasteiger partial charge on any atom is 0.262 e. The molecule has 4 rings (SSSR count). The molecule has 1 unspecified atom stereocenters. The Morgan fingerprint density at radius 3 is 2.63 bits per heavy atom. The van der Waals surface area contributed by atoms with Crippen molar-refractivity contribution in [2.24, 2.45) is 0 Å². The second kappa shape index (κ2) is 9.04. The van der Waals surface area contributed by atoms with E-state index in [1.807, 2.05) is 66.9 Å². The van der Waals surface area contributed by atoms with Gasteiger partial charge in [-0.05, 0) is 49.9 Å². The number of fused-ring (bicyclic) bond motifs is 1. The van der Waals surface area contributed by atoms with Gasteiger partial charge in [-0.15, -0.1) is 0 Å². The summed E-state index contributed by atoms with van der Waals surface area (Å²) in [5.74, 6) is 0.171. The molecule has 0 saturated heterocycles. The van der Waals surface area contributed by atoms with E-state index in [0.717, 1.165) is 36.8 Å². The van der Waals surface area contributed by atoms with Gasteiger partial charge in [0.1, 0.15) is 0 Å². The number of rotatable bonds is 6. The lowest BCUT2D eigenvalue weighted by atomic mass is 10.0. The van der Waals surface area contributed by atoms with Gasteiger partial charge >= 0.3 is 0 Å². The van der Waals surface area contributed by atoms with Crippen molar-refractivity contribution in [3.63, 3.8) is 0 Å². The van der Waals surface area contributed by atoms with Crippen molar-refractivity contribution in [2.45, 2.75) is 56.8 Å². The van der Waals surface area contributed by atoms with Crippen molar-refractivity contribution in [2.75, 3.05) is 5.75 Å². The maximum atomic E-state index is 13.2. The van der Waals surface area contributed by atoms with Crippen LogP contribution in [0.4, 0.5) is 0 Å². The summed E-state index contributed by atoms with van der Waals surface area (Å²) in [6, 6.07) is 15.6. The number of hydrogen-bond acceptors (Lipinski definition) is 4. The molecule has 156 valence electrons. The summed E-state index contributed by atoms with van der Waals surface area (Å²) >= 11 is 1.35. The largest absolute Gasteiger partial charge is 0.349 e. The summed E-state index contributed by atoms with van der Waals surface area (Å²) in [5.41, 5.74) is 2.96. The van der Waals surface area contributed by atoms with Gasteiger partial charge in [0.2, 0.25) is 5.91 Å². The van der Waals surface area contributed by atoms with Crippen molar-refractivity contribution in [1.29, 1.82) is 0 Å². The van der Waals surface area contributed by atoms with Crippen molar-refractivity contribution < 1.29 is 4.79 Å². The lowest BCUT2D eigenvalue weighted by Gasteiger charge is -2.19. The van der Waals surface area contributed by atoms with Crippen LogP contribution < -0.4 is 10.9 Å². The van der Waals surface area contributed by atoms with Crippen LogP contribution in [0.25, 0.3) is 10.9 Å². The highest BCUT2D eigenvalue weighted by Gasteiger charge is 2.23. The third-order valence-corrected chi connectivity index (χ3v) is 6.78. The Labute approximate surface area is 180 Å². The van der Waals surface area contributed by atoms with Gasteiger partial charge in [-0.3, -0.25) is 14.2 Å². The molecule has 5 nitrogen and oxygen atoms in total. The van der Waals surface area contributed by atoms with E-state index in [2.05, 4.69) is 5.32 Å². The predicted molar refractivity (Wildman–Crippen MR) is 122 cm³/mol. The molecule has 1 atom stereocenters. The van der Waals surface area contributed by atoms with Gasteiger partial charge in [0.25, 0.3) is 5.56 Å². The van der Waals surface area contributed by atoms with E-state index in [4.69, 9.17) is 4.98 Å². The average Bonchev–Trinajstić information content (AvgIpc) is 3.27. The molecule has 1 heterocycles. The third-order valence-electron chi connectivity index (χ3n) is 5.83. The molecule has 1 aromatic heterocycles. The summed E-state index contributed by atoms with van der Waals surface area (Å²) in [7, 11) is 0. The van der Waals surface area contributed by atoms with Crippen LogP contribution in [0.1, 0.15) is 55.8 Å². The highest BCUT2D eigenvalue weighted by Crippen LogP contribution is 2.32. The van der Waals surface area contributed by atoms with Gasteiger partial charge in [-0.1, -0.05) is 61.0 Å². The molecule has 0 radical (unpaired) electrons. The number of hydrogen-bond donors (Lipinski definition) is 1. The van der Waals surface area contributed by atoms with Gasteiger partial charge in [0, 0.05) is 6.04 Å². The van der Waals surface area contributed by atoms with Crippen LogP contribution in [0.15, 0.2) is 58.5 Å². The number of aryl methyl sites for hydroxylation is 1. The quantitative estimate of drug-likeness (QED) is 0.459. The van der Waals surface area contributed by atoms with E-state index < -0.39 is 0 Å². The summed E-state index contributed by atoms with van der Waals surface area (Å²) in [6.07, 6.45) is 4.24. The molecule has 6 heteroatoms. The van der Waals surface area contributed by atoms with Crippen LogP contribution >= 0.6 is 11.8 Å². The Kier molecular flexibility index (Phi) is 6.23. The number of thioether (sulfide) groups is 1. The van der Waals surface area contributed by atoms with Gasteiger partial charge in [0.05, 0.1) is 22.7 Å². The Morgan fingerprint density at radius 2 is 1.87 bits per heavy atom. The van der Waals surface area contributed by atoms with Gasteiger partial charge in [0.15, 0.2) is 5.16 Å². The van der Waals surface area contributed by atoms with E-state index >= 15 is 0 Å². The van der Waals surface area contributed by atoms with E-state index in [-0.39, 0.29) is 29.3 Å². The smallest absolute Gasteiger partial charge is 0.262 e. The van der Waals surface area contributed by atoms with Crippen molar-refractivity contribution in [3.05, 3.63) is 70.0 Å². The average molecular weight is 422 g/mol. The molecule has 1 saturated carbocycles. The van der Waals surface area contributed by atoms with Crippen molar-refractivity contribution in [1.82, 2.24) is 14.9 Å². The van der Waals surface area contributed by atoms with Gasteiger partial charge in [-0.25, -0.2) is 4.98 Å². The molecule has 1 N–H and O–H groups in total. The fraction of sp³-hybridized carbons (Fsp3) is 0.375. The molecule has 2 aromatic carbocycles. The van der Waals surface area contributed by atoms with Crippen LogP contribution in [0.2, 0.25) is 0 Å². The number of nitrogens with zero attached hydrogens (tertiary/aromatic N) is 2. The van der Waals surface area contributed by atoms with E-state index in [1.165, 1.54) is 11.8 Å². The minimum Gasteiger partial charge on any atom is -0.349 e. The number of para-hydroxylation sites is 1. The predicted octanol–water partition coefficient (Wildman–Crippen LogP) is 4.79. The second-order valence-corrected chi connectivity index (χ2v) is 8.90. The highest BCUT2D eigenvalue weighted by molar-refractivity contribution is 7.99. The van der Waals surface area contributed by atoms with E-state index in [9.17, 15) is 9.59 Å². The SMILES string of the molecule is Cc1ccccc1C(C)NC(=O)CSc1nc2ccccc2c(=O)n1C1CCCC1. The third kappa shape index (κ3) is 4.29. The first-order valence-corrected chi connectivity index (χ1v) is 11.5. The Bertz CT molecular complexity index is 1120. The molecule has 0 bridgehead atoms. The lowest BCUT2D eigenvalue weighted by Crippen LogP contribution is -2.30. The highest BCUT2D eigenvalue weighted by atomic mass is 32.2. The van der Waals surface area contributed by atoms with Crippen molar-refractivity contribution in [3.8, 4) is 0 Å². The molecule has 0 spiro atoms. The number of aromatic nitrogens is 2. The van der Waals surface area contributed by atoms with E-state index in [1.54, 1.807) is 0 Å². The van der Waals surface area contributed by atoms with Crippen LogP contribution in [-0.4, -0.2) is 21.2 Å². The zero-order valence-electron chi connectivity index (χ0n) is 17.4. The second-order valence-electron chi connectivity index (χ2n) is 7.96. The van der Waals surface area contributed by atoms with Crippen LogP contribution in [-0.2, 0) is 4.79 Å². The lowest BCUT2D eigenvalue weighted by molar-refractivity contribution is -0.119. The minimum absolute atomic E-state index is 0.00341. The fourth-order valence-corrected chi connectivity index (χ4v) is 5.15. The summed E-state index contributed by atoms with van der Waals surface area (Å²) < 4.78 is 1.83. The van der Waals surface area contributed by atoms with Gasteiger partial charge < -0.3 is 5.32 Å². The van der Waals surface area contributed by atoms with Crippen molar-refractivity contribution >= 4 is 28.6 Å². The first-order chi connectivity index (χ1) is 14.5. The first-order valence-electron chi connectivity index (χ1n) is 10.5. The van der Waals surface area contributed by atoms with Gasteiger partial charge in [-0.2, -0.15) is 0 Å². The summed E-state index contributed by atoms with van der Waals surface area (Å²) in [6.45, 7) is 4.04. The van der Waals surface area contributed by atoms with Crippen LogP contribution in [0.5, 0.6) is 0 Å². The minimum atomic E-state index is -0.0686. The number of carbonyl (C=O) groups excluding carboxylic acids is 1. The monoisotopic (exact) mass is 421 g/mol. The number of benzene rings is 2. The molecule has 0 aliphatic heterocycles. The Hall–Kier alpha value is -2.60. The summed E-state index contributed by atoms with van der Waals surface area (Å²) in [4.78, 5) is 30.6. The van der Waals surface area contributed by atoms with E-state index in [0.29, 0.717) is 16.1 Å². The first kappa shape index (κ1) is 20.7. The Morgan fingerprint density at radius 1 is 1.17 bits per heavy atom.